The third-order valence-corrected chi connectivity index (χ3v) is 3.05. The van der Waals surface area contributed by atoms with Gasteiger partial charge in [-0.3, -0.25) is 0 Å². The zero-order chi connectivity index (χ0) is 13.0. The average Bonchev–Trinajstić information content (AvgIpc) is 2.38. The van der Waals surface area contributed by atoms with E-state index in [0.29, 0.717) is 5.82 Å². The van der Waals surface area contributed by atoms with E-state index in [-0.39, 0.29) is 0 Å². The molecule has 0 atom stereocenters. The van der Waals surface area contributed by atoms with Gasteiger partial charge in [0.15, 0.2) is 0 Å². The minimum Gasteiger partial charge on any atom is -0.346 e. The number of hydrogen-bond donors (Lipinski definition) is 1. The quantitative estimate of drug-likeness (QED) is 0.851. The lowest BCUT2D eigenvalue weighted by molar-refractivity contribution is 0.587. The molecule has 1 N–H and O–H groups in total. The number of aliphatic imine (C=N–C) groups is 1. The van der Waals surface area contributed by atoms with E-state index >= 15 is 0 Å². The van der Waals surface area contributed by atoms with Crippen LogP contribution in [0.2, 0.25) is 0 Å². The van der Waals surface area contributed by atoms with E-state index < -0.39 is 0 Å². The number of rotatable bonds is 4. The van der Waals surface area contributed by atoms with Crippen molar-refractivity contribution in [3.05, 3.63) is 54.0 Å². The molecular weight excluding hydrogens is 220 g/mol. The second-order valence-electron chi connectivity index (χ2n) is 5.08. The molecule has 0 saturated carbocycles. The fourth-order valence-corrected chi connectivity index (χ4v) is 1.86. The van der Waals surface area contributed by atoms with Gasteiger partial charge in [0, 0.05) is 18.0 Å². The molecule has 0 saturated heterocycles. The number of aryl methyl sites for hydroxylation is 1. The second-order valence-corrected chi connectivity index (χ2v) is 5.08. The normalized spacial score (nSPS) is 14.6. The summed E-state index contributed by atoms with van der Waals surface area (Å²) in [7, 11) is 0. The number of nitrogens with one attached hydrogen (secondary N) is 1. The summed E-state index contributed by atoms with van der Waals surface area (Å²) in [6, 6.07) is 8.72. The van der Waals surface area contributed by atoms with E-state index in [1.807, 2.05) is 12.4 Å². The third kappa shape index (κ3) is 3.33. The van der Waals surface area contributed by atoms with Crippen molar-refractivity contribution in [2.75, 3.05) is 0 Å². The highest BCUT2D eigenvalue weighted by molar-refractivity contribution is 6.10. The summed E-state index contributed by atoms with van der Waals surface area (Å²) < 4.78 is 0. The Labute approximate surface area is 109 Å². The number of allylic oxidation sites excluding steroid dienone is 1. The van der Waals surface area contributed by atoms with E-state index in [1.165, 1.54) is 17.5 Å². The van der Waals surface area contributed by atoms with Crippen LogP contribution in [0.1, 0.15) is 31.4 Å². The van der Waals surface area contributed by atoms with Crippen molar-refractivity contribution in [3.8, 4) is 0 Å². The number of benzene rings is 1. The van der Waals surface area contributed by atoms with Crippen molar-refractivity contribution in [3.63, 3.8) is 0 Å². The van der Waals surface area contributed by atoms with Gasteiger partial charge in [-0.2, -0.15) is 0 Å². The van der Waals surface area contributed by atoms with Crippen LogP contribution in [0.4, 0.5) is 0 Å². The Hall–Kier alpha value is -1.83. The van der Waals surface area contributed by atoms with Gasteiger partial charge >= 0.3 is 0 Å². The molecule has 2 heteroatoms. The summed E-state index contributed by atoms with van der Waals surface area (Å²) in [4.78, 5) is 4.17. The lowest BCUT2D eigenvalue weighted by atomic mass is 10.00. The first kappa shape index (κ1) is 12.6. The smallest absolute Gasteiger partial charge is 0.122 e. The van der Waals surface area contributed by atoms with E-state index in [1.54, 1.807) is 0 Å². The van der Waals surface area contributed by atoms with Crippen molar-refractivity contribution >= 4 is 11.8 Å². The molecular formula is C16H20N2. The van der Waals surface area contributed by atoms with Crippen LogP contribution in [0.5, 0.6) is 0 Å². The van der Waals surface area contributed by atoms with Crippen molar-refractivity contribution in [1.29, 1.82) is 0 Å². The maximum absolute atomic E-state index is 4.17. The Balaban J connectivity index is 2.04. The Kier molecular flexibility index (Phi) is 3.98. The molecule has 0 spiro atoms. The van der Waals surface area contributed by atoms with Gasteiger partial charge in [-0.15, -0.1) is 0 Å². The molecule has 18 heavy (non-hydrogen) atoms. The molecule has 0 unspecified atom stereocenters. The maximum Gasteiger partial charge on any atom is 0.122 e. The zero-order valence-corrected chi connectivity index (χ0v) is 11.1. The predicted octanol–water partition coefficient (Wildman–Crippen LogP) is 3.76. The number of hydrogen-bond acceptors (Lipinski definition) is 2. The van der Waals surface area contributed by atoms with Crippen LogP contribution >= 0.6 is 0 Å². The van der Waals surface area contributed by atoms with Crippen molar-refractivity contribution in [2.45, 2.75) is 26.7 Å². The topological polar surface area (TPSA) is 24.4 Å². The maximum atomic E-state index is 4.17. The fourth-order valence-electron chi connectivity index (χ4n) is 1.86. The molecule has 0 bridgehead atoms. The fraction of sp³-hybridized carbons (Fsp3) is 0.312. The molecule has 1 aromatic carbocycles. The van der Waals surface area contributed by atoms with Gasteiger partial charge < -0.3 is 5.32 Å². The summed E-state index contributed by atoms with van der Waals surface area (Å²) in [6.07, 6.45) is 6.19. The Bertz CT molecular complexity index is 478. The first-order valence-electron chi connectivity index (χ1n) is 6.44. The first-order chi connectivity index (χ1) is 8.65. The minimum absolute atomic E-state index is 0.687. The van der Waals surface area contributed by atoms with Crippen molar-refractivity contribution in [2.24, 2.45) is 10.9 Å². The van der Waals surface area contributed by atoms with E-state index in [4.69, 9.17) is 0 Å². The molecule has 0 fully saturated rings. The highest BCUT2D eigenvalue weighted by atomic mass is 15.0. The molecule has 1 aliphatic rings. The average molecular weight is 240 g/mol. The van der Waals surface area contributed by atoms with Gasteiger partial charge in [0.25, 0.3) is 0 Å². The van der Waals surface area contributed by atoms with Gasteiger partial charge in [0.1, 0.15) is 5.82 Å². The largest absolute Gasteiger partial charge is 0.346 e. The summed E-state index contributed by atoms with van der Waals surface area (Å²) in [5.41, 5.74) is 3.68. The van der Waals surface area contributed by atoms with Gasteiger partial charge in [-0.1, -0.05) is 44.7 Å². The molecule has 0 amide bonds. The summed E-state index contributed by atoms with van der Waals surface area (Å²) in [6.45, 7) is 8.26. The summed E-state index contributed by atoms with van der Waals surface area (Å²) >= 11 is 0. The van der Waals surface area contributed by atoms with Crippen LogP contribution in [-0.4, -0.2) is 6.21 Å². The molecule has 1 aromatic rings. The van der Waals surface area contributed by atoms with Crippen LogP contribution in [0, 0.1) is 5.92 Å². The summed E-state index contributed by atoms with van der Waals surface area (Å²) in [5, 5.41) is 3.03. The van der Waals surface area contributed by atoms with Crippen LogP contribution in [-0.2, 0) is 6.42 Å². The monoisotopic (exact) mass is 240 g/mol. The van der Waals surface area contributed by atoms with Crippen molar-refractivity contribution in [1.82, 2.24) is 5.32 Å². The highest BCUT2D eigenvalue weighted by Crippen LogP contribution is 2.17. The van der Waals surface area contributed by atoms with Crippen LogP contribution in [0.3, 0.4) is 0 Å². The molecule has 0 radical (unpaired) electrons. The molecule has 0 aromatic heterocycles. The second kappa shape index (κ2) is 5.67. The molecule has 0 aliphatic carbocycles. The molecule has 2 nitrogen and oxygen atoms in total. The first-order valence-corrected chi connectivity index (χ1v) is 6.44. The Morgan fingerprint density at radius 2 is 1.94 bits per heavy atom. The number of nitrogens with zero attached hydrogens (tertiary/aromatic N) is 1. The Morgan fingerprint density at radius 3 is 2.50 bits per heavy atom. The van der Waals surface area contributed by atoms with E-state index in [0.717, 1.165) is 17.9 Å². The zero-order valence-electron chi connectivity index (χ0n) is 11.1. The van der Waals surface area contributed by atoms with Gasteiger partial charge in [-0.05, 0) is 29.9 Å². The van der Waals surface area contributed by atoms with Gasteiger partial charge in [-0.25, -0.2) is 4.99 Å². The molecule has 94 valence electrons. The summed E-state index contributed by atoms with van der Waals surface area (Å²) in [5.74, 6) is 1.44. The Morgan fingerprint density at radius 1 is 1.22 bits per heavy atom. The standard InChI is InChI=1S/C16H20N2/c1-12(2)4-5-14-6-8-15(9-7-14)16-10-17-13(3)18-11-16/h6-12,17H,3-5H2,1-2H3. The van der Waals surface area contributed by atoms with Gasteiger partial charge in [0.2, 0.25) is 0 Å². The SMILES string of the molecule is C=C1N=CC(c2ccc(CCC(C)C)cc2)=CN1. The van der Waals surface area contributed by atoms with Crippen molar-refractivity contribution < 1.29 is 0 Å². The van der Waals surface area contributed by atoms with Crippen LogP contribution in [0.15, 0.2) is 47.9 Å². The lowest BCUT2D eigenvalue weighted by Gasteiger charge is -2.10. The lowest BCUT2D eigenvalue weighted by Crippen LogP contribution is -2.08. The van der Waals surface area contributed by atoms with Crippen LogP contribution < -0.4 is 5.32 Å². The molecule has 2 rings (SSSR count). The van der Waals surface area contributed by atoms with E-state index in [9.17, 15) is 0 Å². The third-order valence-electron chi connectivity index (χ3n) is 3.05. The minimum atomic E-state index is 0.687. The van der Waals surface area contributed by atoms with Crippen LogP contribution in [0.25, 0.3) is 5.57 Å². The molecule has 1 heterocycles. The highest BCUT2D eigenvalue weighted by Gasteiger charge is 2.04. The predicted molar refractivity (Wildman–Crippen MR) is 78.3 cm³/mol. The molecule has 1 aliphatic heterocycles. The van der Waals surface area contributed by atoms with E-state index in [2.05, 4.69) is 55.0 Å². The van der Waals surface area contributed by atoms with Gasteiger partial charge in [0.05, 0.1) is 0 Å².